The number of halogens is 1. The molecule has 0 unspecified atom stereocenters. The number of benzene rings is 2. The zero-order valence-corrected chi connectivity index (χ0v) is 11.0. The van der Waals surface area contributed by atoms with Gasteiger partial charge in [-0.05, 0) is 24.3 Å². The van der Waals surface area contributed by atoms with E-state index in [0.29, 0.717) is 10.7 Å². The van der Waals surface area contributed by atoms with Crippen LogP contribution in [0.15, 0.2) is 42.5 Å². The van der Waals surface area contributed by atoms with E-state index in [1.165, 1.54) is 6.07 Å². The molecule has 0 aliphatic carbocycles. The Morgan fingerprint density at radius 3 is 2.58 bits per heavy atom. The monoisotopic (exact) mass is 276 g/mol. The Morgan fingerprint density at radius 2 is 1.95 bits per heavy atom. The Kier molecular flexibility index (Phi) is 3.92. The molecule has 0 fully saturated rings. The van der Waals surface area contributed by atoms with Crippen molar-refractivity contribution in [2.75, 3.05) is 17.7 Å². The number of amides is 1. The lowest BCUT2D eigenvalue weighted by molar-refractivity contribution is 0.102. The summed E-state index contributed by atoms with van der Waals surface area (Å²) in [4.78, 5) is 12.0. The first-order chi connectivity index (χ1) is 9.11. The number of phenols is 1. The molecule has 2 rings (SSSR count). The van der Waals surface area contributed by atoms with Crippen LogP contribution in [-0.2, 0) is 0 Å². The van der Waals surface area contributed by atoms with Crippen molar-refractivity contribution in [3.63, 3.8) is 0 Å². The second-order valence-corrected chi connectivity index (χ2v) is 4.32. The van der Waals surface area contributed by atoms with Gasteiger partial charge in [-0.2, -0.15) is 0 Å². The molecule has 0 aliphatic rings. The highest BCUT2D eigenvalue weighted by Gasteiger charge is 2.12. The molecule has 0 saturated heterocycles. The van der Waals surface area contributed by atoms with Crippen LogP contribution in [0.1, 0.15) is 10.4 Å². The molecule has 0 heterocycles. The summed E-state index contributed by atoms with van der Waals surface area (Å²) in [6.07, 6.45) is 0. The van der Waals surface area contributed by atoms with Crippen LogP contribution in [0, 0.1) is 0 Å². The number of anilines is 2. The SMILES string of the molecule is CNc1ccc(C(=O)Nc2ccccc2Cl)c(O)c1. The summed E-state index contributed by atoms with van der Waals surface area (Å²) in [5.74, 6) is -0.496. The molecule has 3 N–H and O–H groups in total. The molecular formula is C14H13ClN2O2. The van der Waals surface area contributed by atoms with E-state index in [1.807, 2.05) is 0 Å². The van der Waals surface area contributed by atoms with E-state index in [4.69, 9.17) is 11.6 Å². The summed E-state index contributed by atoms with van der Waals surface area (Å²) >= 11 is 5.96. The summed E-state index contributed by atoms with van der Waals surface area (Å²) in [7, 11) is 1.73. The minimum atomic E-state index is -0.409. The van der Waals surface area contributed by atoms with E-state index in [0.717, 1.165) is 5.69 Å². The molecule has 2 aromatic rings. The molecule has 0 aromatic heterocycles. The minimum Gasteiger partial charge on any atom is -0.507 e. The number of nitrogens with one attached hydrogen (secondary N) is 2. The largest absolute Gasteiger partial charge is 0.507 e. The number of rotatable bonds is 3. The first-order valence-corrected chi connectivity index (χ1v) is 6.06. The lowest BCUT2D eigenvalue weighted by Crippen LogP contribution is -2.12. The summed E-state index contributed by atoms with van der Waals surface area (Å²) in [6, 6.07) is 11.7. The van der Waals surface area contributed by atoms with Crippen LogP contribution in [0.5, 0.6) is 5.75 Å². The second-order valence-electron chi connectivity index (χ2n) is 3.92. The molecule has 0 bridgehead atoms. The zero-order valence-electron chi connectivity index (χ0n) is 10.3. The van der Waals surface area contributed by atoms with E-state index in [1.54, 1.807) is 43.4 Å². The third-order valence-corrected chi connectivity index (χ3v) is 2.98. The highest BCUT2D eigenvalue weighted by molar-refractivity contribution is 6.33. The molecule has 0 radical (unpaired) electrons. The van der Waals surface area contributed by atoms with E-state index in [9.17, 15) is 9.90 Å². The third kappa shape index (κ3) is 2.98. The van der Waals surface area contributed by atoms with Gasteiger partial charge < -0.3 is 15.7 Å². The summed E-state index contributed by atoms with van der Waals surface area (Å²) < 4.78 is 0. The average molecular weight is 277 g/mol. The van der Waals surface area contributed by atoms with Crippen molar-refractivity contribution < 1.29 is 9.90 Å². The lowest BCUT2D eigenvalue weighted by Gasteiger charge is -2.09. The van der Waals surface area contributed by atoms with Gasteiger partial charge in [-0.1, -0.05) is 23.7 Å². The van der Waals surface area contributed by atoms with Crippen LogP contribution in [0.2, 0.25) is 5.02 Å². The number of hydrogen-bond donors (Lipinski definition) is 3. The van der Waals surface area contributed by atoms with Crippen LogP contribution in [0.4, 0.5) is 11.4 Å². The Labute approximate surface area is 116 Å². The van der Waals surface area contributed by atoms with Gasteiger partial charge in [-0.3, -0.25) is 4.79 Å². The van der Waals surface area contributed by atoms with Gasteiger partial charge in [0.15, 0.2) is 0 Å². The van der Waals surface area contributed by atoms with Gasteiger partial charge in [0.2, 0.25) is 0 Å². The topological polar surface area (TPSA) is 61.4 Å². The van der Waals surface area contributed by atoms with Crippen molar-refractivity contribution in [3.05, 3.63) is 53.1 Å². The van der Waals surface area contributed by atoms with Gasteiger partial charge in [0.05, 0.1) is 16.3 Å². The normalized spacial score (nSPS) is 10.0. The minimum absolute atomic E-state index is 0.0867. The highest BCUT2D eigenvalue weighted by Crippen LogP contribution is 2.25. The van der Waals surface area contributed by atoms with Crippen molar-refractivity contribution in [2.24, 2.45) is 0 Å². The molecule has 5 heteroatoms. The molecule has 0 aliphatic heterocycles. The average Bonchev–Trinajstić information content (AvgIpc) is 2.41. The van der Waals surface area contributed by atoms with Crippen molar-refractivity contribution in [1.29, 1.82) is 0 Å². The smallest absolute Gasteiger partial charge is 0.259 e. The van der Waals surface area contributed by atoms with E-state index >= 15 is 0 Å². The first kappa shape index (κ1) is 13.2. The number of carbonyl (C=O) groups is 1. The van der Waals surface area contributed by atoms with Crippen LogP contribution < -0.4 is 10.6 Å². The number of aromatic hydroxyl groups is 1. The van der Waals surface area contributed by atoms with Crippen LogP contribution in [-0.4, -0.2) is 18.1 Å². The van der Waals surface area contributed by atoms with E-state index in [-0.39, 0.29) is 11.3 Å². The summed E-state index contributed by atoms with van der Waals surface area (Å²) in [6.45, 7) is 0. The van der Waals surface area contributed by atoms with Crippen molar-refractivity contribution in [2.45, 2.75) is 0 Å². The van der Waals surface area contributed by atoms with Gasteiger partial charge in [0.25, 0.3) is 5.91 Å². The molecule has 19 heavy (non-hydrogen) atoms. The maximum atomic E-state index is 12.0. The molecular weight excluding hydrogens is 264 g/mol. The quantitative estimate of drug-likeness (QED) is 0.806. The van der Waals surface area contributed by atoms with Gasteiger partial charge in [-0.15, -0.1) is 0 Å². The molecule has 1 amide bonds. The molecule has 98 valence electrons. The van der Waals surface area contributed by atoms with Gasteiger partial charge in [0, 0.05) is 18.8 Å². The lowest BCUT2D eigenvalue weighted by atomic mass is 10.1. The molecule has 0 saturated carbocycles. The Hall–Kier alpha value is -2.20. The summed E-state index contributed by atoms with van der Waals surface area (Å²) in [5.41, 5.74) is 1.43. The fourth-order valence-electron chi connectivity index (χ4n) is 1.63. The molecule has 2 aromatic carbocycles. The Balaban J connectivity index is 2.23. The zero-order chi connectivity index (χ0) is 13.8. The number of para-hydroxylation sites is 1. The Bertz CT molecular complexity index is 614. The number of phenolic OH excluding ortho intramolecular Hbond substituents is 1. The number of hydrogen-bond acceptors (Lipinski definition) is 3. The van der Waals surface area contributed by atoms with Crippen molar-refractivity contribution in [1.82, 2.24) is 0 Å². The third-order valence-electron chi connectivity index (χ3n) is 2.65. The van der Waals surface area contributed by atoms with Crippen molar-refractivity contribution in [3.8, 4) is 5.75 Å². The first-order valence-electron chi connectivity index (χ1n) is 5.68. The van der Waals surface area contributed by atoms with Gasteiger partial charge in [0.1, 0.15) is 5.75 Å². The number of carbonyl (C=O) groups excluding carboxylic acids is 1. The fraction of sp³-hybridized carbons (Fsp3) is 0.0714. The highest BCUT2D eigenvalue weighted by atomic mass is 35.5. The standard InChI is InChI=1S/C14H13ClN2O2/c1-16-9-6-7-10(13(18)8-9)14(19)17-12-5-3-2-4-11(12)15/h2-8,16,18H,1H3,(H,17,19). The maximum Gasteiger partial charge on any atom is 0.259 e. The molecule has 0 atom stereocenters. The second kappa shape index (κ2) is 5.63. The fourth-order valence-corrected chi connectivity index (χ4v) is 1.81. The molecule has 4 nitrogen and oxygen atoms in total. The van der Waals surface area contributed by atoms with Crippen LogP contribution in [0.25, 0.3) is 0 Å². The van der Waals surface area contributed by atoms with Crippen molar-refractivity contribution >= 4 is 28.9 Å². The predicted molar refractivity (Wildman–Crippen MR) is 77.1 cm³/mol. The van der Waals surface area contributed by atoms with E-state index < -0.39 is 5.91 Å². The van der Waals surface area contributed by atoms with Crippen LogP contribution >= 0.6 is 11.6 Å². The summed E-state index contributed by atoms with van der Waals surface area (Å²) in [5, 5.41) is 15.8. The molecule has 0 spiro atoms. The maximum absolute atomic E-state index is 12.0. The van der Waals surface area contributed by atoms with E-state index in [2.05, 4.69) is 10.6 Å². The van der Waals surface area contributed by atoms with Gasteiger partial charge in [-0.25, -0.2) is 0 Å². The van der Waals surface area contributed by atoms with Crippen LogP contribution in [0.3, 0.4) is 0 Å². The van der Waals surface area contributed by atoms with Gasteiger partial charge >= 0.3 is 0 Å². The Morgan fingerprint density at radius 1 is 1.21 bits per heavy atom. The predicted octanol–water partition coefficient (Wildman–Crippen LogP) is 3.34.